The van der Waals surface area contributed by atoms with Crippen LogP contribution in [0.25, 0.3) is 0 Å². The van der Waals surface area contributed by atoms with Crippen LogP contribution in [0.3, 0.4) is 0 Å². The summed E-state index contributed by atoms with van der Waals surface area (Å²) in [5, 5.41) is 0. The van der Waals surface area contributed by atoms with Crippen LogP contribution in [0.15, 0.2) is 0 Å². The van der Waals surface area contributed by atoms with Gasteiger partial charge in [0.25, 0.3) is 10.2 Å². The van der Waals surface area contributed by atoms with E-state index in [1.54, 1.807) is 8.61 Å². The molecule has 2 heterocycles. The fourth-order valence-corrected chi connectivity index (χ4v) is 5.20. The molecule has 0 atom stereocenters. The minimum absolute atomic E-state index is 0.0970. The zero-order chi connectivity index (χ0) is 14.1. The highest BCUT2D eigenvalue weighted by atomic mass is 35.5. The van der Waals surface area contributed by atoms with Gasteiger partial charge < -0.3 is 0 Å². The van der Waals surface area contributed by atoms with Gasteiger partial charge in [-0.2, -0.15) is 17.0 Å². The van der Waals surface area contributed by atoms with Gasteiger partial charge in [-0.25, -0.2) is 0 Å². The molecule has 2 aliphatic rings. The van der Waals surface area contributed by atoms with E-state index in [4.69, 9.17) is 11.6 Å². The van der Waals surface area contributed by atoms with Crippen LogP contribution in [0.2, 0.25) is 0 Å². The predicted molar refractivity (Wildman–Crippen MR) is 78.5 cm³/mol. The number of alkyl halides is 1. The number of hydrogen-bond acceptors (Lipinski definition) is 2. The van der Waals surface area contributed by atoms with Crippen LogP contribution >= 0.6 is 11.6 Å². The van der Waals surface area contributed by atoms with Crippen molar-refractivity contribution in [3.8, 4) is 0 Å². The molecule has 0 aromatic heterocycles. The van der Waals surface area contributed by atoms with Gasteiger partial charge in [-0.15, -0.1) is 11.6 Å². The first-order valence-corrected chi connectivity index (χ1v) is 9.09. The second-order valence-electron chi connectivity index (χ2n) is 6.61. The van der Waals surface area contributed by atoms with E-state index < -0.39 is 10.2 Å². The Balaban J connectivity index is 2.02. The van der Waals surface area contributed by atoms with Gasteiger partial charge in [0.1, 0.15) is 0 Å². The molecule has 112 valence electrons. The zero-order valence-electron chi connectivity index (χ0n) is 11.9. The molecule has 2 saturated heterocycles. The first-order chi connectivity index (χ1) is 8.85. The fraction of sp³-hybridized carbons (Fsp3) is 1.00. The molecule has 6 heteroatoms. The van der Waals surface area contributed by atoms with Gasteiger partial charge in [0.15, 0.2) is 0 Å². The molecule has 4 nitrogen and oxygen atoms in total. The van der Waals surface area contributed by atoms with E-state index in [1.807, 2.05) is 0 Å². The van der Waals surface area contributed by atoms with Gasteiger partial charge in [-0.05, 0) is 37.0 Å². The van der Waals surface area contributed by atoms with Crippen molar-refractivity contribution in [2.45, 2.75) is 39.5 Å². The van der Waals surface area contributed by atoms with Crippen molar-refractivity contribution in [2.24, 2.45) is 11.3 Å². The lowest BCUT2D eigenvalue weighted by Gasteiger charge is -2.40. The van der Waals surface area contributed by atoms with E-state index in [2.05, 4.69) is 13.8 Å². The Morgan fingerprint density at radius 3 is 2.32 bits per heavy atom. The average Bonchev–Trinajstić information content (AvgIpc) is 2.37. The van der Waals surface area contributed by atoms with Crippen LogP contribution in [0.1, 0.15) is 39.5 Å². The molecule has 0 radical (unpaired) electrons. The number of hydrogen-bond donors (Lipinski definition) is 0. The van der Waals surface area contributed by atoms with Gasteiger partial charge in [-0.3, -0.25) is 0 Å². The largest absolute Gasteiger partial charge is 0.281 e. The molecule has 0 saturated carbocycles. The van der Waals surface area contributed by atoms with Crippen molar-refractivity contribution in [1.29, 1.82) is 0 Å². The van der Waals surface area contributed by atoms with Crippen LogP contribution in [-0.2, 0) is 10.2 Å². The molecule has 0 unspecified atom stereocenters. The molecule has 2 rings (SSSR count). The highest BCUT2D eigenvalue weighted by Gasteiger charge is 2.37. The molecule has 0 amide bonds. The SMILES string of the molecule is CC1(C)CCCN(S(=O)(=O)N2CCC(CCl)CC2)C1. The summed E-state index contributed by atoms with van der Waals surface area (Å²) in [4.78, 5) is 0. The summed E-state index contributed by atoms with van der Waals surface area (Å²) in [6.45, 7) is 6.85. The summed E-state index contributed by atoms with van der Waals surface area (Å²) < 4.78 is 28.6. The predicted octanol–water partition coefficient (Wildman–Crippen LogP) is 2.30. The lowest BCUT2D eigenvalue weighted by molar-refractivity contribution is 0.172. The van der Waals surface area contributed by atoms with E-state index in [9.17, 15) is 8.42 Å². The molecule has 19 heavy (non-hydrogen) atoms. The van der Waals surface area contributed by atoms with Crippen molar-refractivity contribution in [2.75, 3.05) is 32.1 Å². The molecule has 0 aliphatic carbocycles. The monoisotopic (exact) mass is 308 g/mol. The Kier molecular flexibility index (Phi) is 4.81. The Morgan fingerprint density at radius 1 is 1.16 bits per heavy atom. The molecule has 0 bridgehead atoms. The van der Waals surface area contributed by atoms with Crippen LogP contribution in [0.4, 0.5) is 0 Å². The third-order valence-corrected chi connectivity index (χ3v) is 6.73. The van der Waals surface area contributed by atoms with Gasteiger partial charge >= 0.3 is 0 Å². The van der Waals surface area contributed by atoms with Gasteiger partial charge in [-0.1, -0.05) is 13.8 Å². The second kappa shape index (κ2) is 5.88. The minimum atomic E-state index is -3.26. The lowest BCUT2D eigenvalue weighted by atomic mass is 9.85. The molecule has 0 spiro atoms. The maximum atomic E-state index is 12.6. The van der Waals surface area contributed by atoms with Gasteiger partial charge in [0.2, 0.25) is 0 Å². The van der Waals surface area contributed by atoms with Crippen molar-refractivity contribution in [3.05, 3.63) is 0 Å². The maximum absolute atomic E-state index is 12.6. The van der Waals surface area contributed by atoms with Crippen LogP contribution in [0, 0.1) is 11.3 Å². The molecule has 0 aromatic carbocycles. The normalized spacial score (nSPS) is 27.5. The standard InChI is InChI=1S/C13H25ClN2O2S/c1-13(2)6-3-7-16(11-13)19(17,18)15-8-4-12(10-14)5-9-15/h12H,3-11H2,1-2H3. The summed E-state index contributed by atoms with van der Waals surface area (Å²) in [5.41, 5.74) is 0.0970. The topological polar surface area (TPSA) is 40.6 Å². The Hall–Kier alpha value is 0.160. The van der Waals surface area contributed by atoms with E-state index in [-0.39, 0.29) is 5.41 Å². The number of halogens is 1. The summed E-state index contributed by atoms with van der Waals surface area (Å²) in [7, 11) is -3.26. The minimum Gasteiger partial charge on any atom is -0.195 e. The number of nitrogens with zero attached hydrogens (tertiary/aromatic N) is 2. The number of rotatable bonds is 3. The highest BCUT2D eigenvalue weighted by molar-refractivity contribution is 7.86. The average molecular weight is 309 g/mol. The Bertz CT molecular complexity index is 403. The Morgan fingerprint density at radius 2 is 1.79 bits per heavy atom. The van der Waals surface area contributed by atoms with Crippen LogP contribution < -0.4 is 0 Å². The van der Waals surface area contributed by atoms with E-state index in [1.165, 1.54) is 0 Å². The first-order valence-electron chi connectivity index (χ1n) is 7.16. The molecule has 2 fully saturated rings. The molecular formula is C13H25ClN2O2S. The molecule has 0 aromatic rings. The summed E-state index contributed by atoms with van der Waals surface area (Å²) in [5.74, 6) is 1.12. The maximum Gasteiger partial charge on any atom is 0.281 e. The second-order valence-corrected chi connectivity index (χ2v) is 8.84. The smallest absolute Gasteiger partial charge is 0.195 e. The van der Waals surface area contributed by atoms with E-state index in [0.717, 1.165) is 25.7 Å². The van der Waals surface area contributed by atoms with Crippen molar-refractivity contribution >= 4 is 21.8 Å². The molecule has 0 N–H and O–H groups in total. The van der Waals surface area contributed by atoms with Crippen LogP contribution in [0.5, 0.6) is 0 Å². The van der Waals surface area contributed by atoms with Crippen molar-refractivity contribution in [3.63, 3.8) is 0 Å². The summed E-state index contributed by atoms with van der Waals surface area (Å²) >= 11 is 5.85. The number of piperidine rings is 2. The summed E-state index contributed by atoms with van der Waals surface area (Å²) in [6, 6.07) is 0. The van der Waals surface area contributed by atoms with E-state index in [0.29, 0.717) is 38.0 Å². The van der Waals surface area contributed by atoms with Crippen molar-refractivity contribution in [1.82, 2.24) is 8.61 Å². The molecular weight excluding hydrogens is 284 g/mol. The fourth-order valence-electron chi connectivity index (χ4n) is 3.02. The van der Waals surface area contributed by atoms with Gasteiger partial charge in [0.05, 0.1) is 0 Å². The Labute approximate surface area is 122 Å². The molecule has 2 aliphatic heterocycles. The van der Waals surface area contributed by atoms with Crippen LogP contribution in [-0.4, -0.2) is 49.1 Å². The quantitative estimate of drug-likeness (QED) is 0.751. The summed E-state index contributed by atoms with van der Waals surface area (Å²) in [6.07, 6.45) is 3.84. The van der Waals surface area contributed by atoms with Crippen molar-refractivity contribution < 1.29 is 8.42 Å². The lowest BCUT2D eigenvalue weighted by Crippen LogP contribution is -2.51. The zero-order valence-corrected chi connectivity index (χ0v) is 13.5. The third kappa shape index (κ3) is 3.63. The third-order valence-electron chi connectivity index (χ3n) is 4.31. The van der Waals surface area contributed by atoms with E-state index >= 15 is 0 Å². The first kappa shape index (κ1) is 15.5. The van der Waals surface area contributed by atoms with Gasteiger partial charge in [0, 0.05) is 32.1 Å². The highest BCUT2D eigenvalue weighted by Crippen LogP contribution is 2.31.